The number of rotatable bonds is 4. The Balaban J connectivity index is 1.25. The molecule has 3 aromatic carbocycles. The first kappa shape index (κ1) is 27.2. The summed E-state index contributed by atoms with van der Waals surface area (Å²) in [6, 6.07) is 21.9. The van der Waals surface area contributed by atoms with E-state index in [1.807, 2.05) is 12.1 Å². The van der Waals surface area contributed by atoms with E-state index in [0.717, 1.165) is 5.57 Å². The molecule has 0 saturated carbocycles. The summed E-state index contributed by atoms with van der Waals surface area (Å²) in [6.07, 6.45) is 3.68. The van der Waals surface area contributed by atoms with E-state index in [4.69, 9.17) is 0 Å². The zero-order chi connectivity index (χ0) is 30.0. The molecular weight excluding hydrogens is 610 g/mol. The van der Waals surface area contributed by atoms with Crippen LogP contribution in [0, 0.1) is 17.8 Å². The van der Waals surface area contributed by atoms with E-state index in [-0.39, 0.29) is 45.8 Å². The van der Waals surface area contributed by atoms with Gasteiger partial charge < -0.3 is 5.11 Å². The smallest absolute Gasteiger partial charge is 0.238 e. The lowest BCUT2D eigenvalue weighted by molar-refractivity contribution is -0.123. The minimum atomic E-state index is -0.723. The number of carbonyl (C=O) groups is 5. The number of benzene rings is 3. The number of hydrogen-bond donors (Lipinski definition) is 1. The first-order chi connectivity index (χ1) is 20.7. The van der Waals surface area contributed by atoms with Gasteiger partial charge in [0.2, 0.25) is 11.8 Å². The van der Waals surface area contributed by atoms with Crippen molar-refractivity contribution in [2.75, 3.05) is 4.90 Å². The van der Waals surface area contributed by atoms with Crippen LogP contribution in [0.3, 0.4) is 0 Å². The van der Waals surface area contributed by atoms with Crippen LogP contribution < -0.4 is 4.90 Å². The maximum atomic E-state index is 14.1. The Kier molecular flexibility index (Phi) is 6.47. The van der Waals surface area contributed by atoms with Gasteiger partial charge in [-0.3, -0.25) is 28.9 Å². The highest BCUT2D eigenvalue weighted by Crippen LogP contribution is 2.55. The molecule has 7 rings (SSSR count). The Hall–Kier alpha value is -4.69. The van der Waals surface area contributed by atoms with Crippen LogP contribution in [0.25, 0.3) is 0 Å². The minimum absolute atomic E-state index is 0.0230. The van der Waals surface area contributed by atoms with Crippen molar-refractivity contribution in [3.8, 4) is 5.75 Å². The van der Waals surface area contributed by atoms with E-state index in [1.54, 1.807) is 66.7 Å². The predicted molar refractivity (Wildman–Crippen MR) is 161 cm³/mol. The Labute approximate surface area is 255 Å². The Morgan fingerprint density at radius 1 is 0.837 bits per heavy atom. The lowest BCUT2D eigenvalue weighted by Gasteiger charge is -2.42. The summed E-state index contributed by atoms with van der Waals surface area (Å²) in [5.41, 5.74) is 3.50. The van der Waals surface area contributed by atoms with Crippen molar-refractivity contribution in [1.82, 2.24) is 0 Å². The third kappa shape index (κ3) is 4.28. The average molecular weight is 634 g/mol. The maximum Gasteiger partial charge on any atom is 0.238 e. The van der Waals surface area contributed by atoms with Crippen molar-refractivity contribution in [2.45, 2.75) is 18.8 Å². The Bertz CT molecular complexity index is 1850. The third-order valence-corrected chi connectivity index (χ3v) is 9.55. The molecule has 1 heterocycles. The van der Waals surface area contributed by atoms with Crippen molar-refractivity contribution < 1.29 is 29.1 Å². The molecule has 212 valence electrons. The topological polar surface area (TPSA) is 109 Å². The molecule has 0 unspecified atom stereocenters. The molecule has 0 spiro atoms. The Morgan fingerprint density at radius 2 is 1.56 bits per heavy atom. The lowest BCUT2D eigenvalue weighted by atomic mass is 9.59. The van der Waals surface area contributed by atoms with Crippen molar-refractivity contribution >= 4 is 50.8 Å². The highest BCUT2D eigenvalue weighted by Gasteiger charge is 2.56. The van der Waals surface area contributed by atoms with Gasteiger partial charge in [0.25, 0.3) is 0 Å². The molecule has 4 aliphatic rings. The lowest BCUT2D eigenvalue weighted by Crippen LogP contribution is -2.39. The van der Waals surface area contributed by atoms with Gasteiger partial charge in [0, 0.05) is 34.3 Å². The molecule has 0 radical (unpaired) electrons. The van der Waals surface area contributed by atoms with E-state index in [0.29, 0.717) is 39.9 Å². The maximum absolute atomic E-state index is 14.1. The van der Waals surface area contributed by atoms with Crippen molar-refractivity contribution in [3.63, 3.8) is 0 Å². The highest BCUT2D eigenvalue weighted by atomic mass is 79.9. The highest BCUT2D eigenvalue weighted by molar-refractivity contribution is 9.12. The number of aromatic hydroxyl groups is 1. The zero-order valence-corrected chi connectivity index (χ0v) is 24.3. The van der Waals surface area contributed by atoms with Crippen molar-refractivity contribution in [3.05, 3.63) is 129 Å². The average Bonchev–Trinajstić information content (AvgIpc) is 3.28. The number of phenols is 1. The normalized spacial score (nSPS) is 24.7. The monoisotopic (exact) mass is 633 g/mol. The van der Waals surface area contributed by atoms with E-state index in [2.05, 4.69) is 15.9 Å². The van der Waals surface area contributed by atoms with Crippen LogP contribution in [-0.4, -0.2) is 34.3 Å². The second-order valence-electron chi connectivity index (χ2n) is 11.2. The summed E-state index contributed by atoms with van der Waals surface area (Å²) >= 11 is 3.23. The molecule has 1 aliphatic heterocycles. The number of ketones is 3. The van der Waals surface area contributed by atoms with Gasteiger partial charge >= 0.3 is 0 Å². The number of carbonyl (C=O) groups excluding carboxylic acids is 5. The first-order valence-corrected chi connectivity index (χ1v) is 14.8. The van der Waals surface area contributed by atoms with Crippen LogP contribution in [0.15, 0.2) is 112 Å². The molecule has 8 heteroatoms. The van der Waals surface area contributed by atoms with Crippen LogP contribution in [-0.2, 0) is 19.2 Å². The van der Waals surface area contributed by atoms with Crippen LogP contribution in [0.4, 0.5) is 5.69 Å². The van der Waals surface area contributed by atoms with E-state index < -0.39 is 23.7 Å². The van der Waals surface area contributed by atoms with E-state index in [9.17, 15) is 29.1 Å². The van der Waals surface area contributed by atoms with Crippen LogP contribution in [0.2, 0.25) is 0 Å². The second kappa shape index (κ2) is 10.2. The summed E-state index contributed by atoms with van der Waals surface area (Å²) in [5.74, 6) is -3.89. The standard InChI is InChI=1S/C35H24BrNO6/c36-27-17-28(39)31-26(33(27)41)16-25-23(29(31)20-7-4-8-22(38)15-20)13-14-24-30(25)35(43)37(34(24)42)21-11-9-19(10-12-21)32(40)18-5-2-1-3-6-18/h1-13,15,17,24-25,29-30,38H,14,16H2/t24-,25+,29-,30-/m0/s1. The fourth-order valence-corrected chi connectivity index (χ4v) is 7.51. The number of fused-ring (bicyclic) bond motifs is 3. The number of Topliss-reactive ketones (excluding diaryl/α,β-unsaturated/α-hetero) is 1. The summed E-state index contributed by atoms with van der Waals surface area (Å²) in [7, 11) is 0. The fourth-order valence-electron chi connectivity index (χ4n) is 7.06. The third-order valence-electron chi connectivity index (χ3n) is 8.96. The molecule has 1 saturated heterocycles. The summed E-state index contributed by atoms with van der Waals surface area (Å²) in [6.45, 7) is 0. The van der Waals surface area contributed by atoms with Crippen LogP contribution >= 0.6 is 15.9 Å². The van der Waals surface area contributed by atoms with Crippen molar-refractivity contribution in [1.29, 1.82) is 0 Å². The number of imide groups is 1. The molecule has 7 nitrogen and oxygen atoms in total. The number of hydrogen-bond acceptors (Lipinski definition) is 6. The number of nitrogens with zero attached hydrogens (tertiary/aromatic N) is 1. The molecule has 1 N–H and O–H groups in total. The molecule has 0 aromatic heterocycles. The molecular formula is C35H24BrNO6. The molecule has 3 aliphatic carbocycles. The SMILES string of the molecule is O=C1C=C(Br)C(=O)C2=C1[C@@H](c1cccc(O)c1)C1=CC[C@@H]3C(=O)N(c4ccc(C(=O)c5ccccc5)cc4)C(=O)[C@@H]3[C@@H]1C2. The van der Waals surface area contributed by atoms with Crippen LogP contribution in [0.1, 0.15) is 40.2 Å². The van der Waals surface area contributed by atoms with Gasteiger partial charge in [0.05, 0.1) is 22.0 Å². The molecule has 43 heavy (non-hydrogen) atoms. The Morgan fingerprint density at radius 3 is 2.28 bits per heavy atom. The van der Waals surface area contributed by atoms with Gasteiger partial charge in [-0.15, -0.1) is 0 Å². The molecule has 3 aromatic rings. The summed E-state index contributed by atoms with van der Waals surface area (Å²) in [5, 5.41) is 10.3. The van der Waals surface area contributed by atoms with Gasteiger partial charge in [-0.05, 0) is 76.7 Å². The van der Waals surface area contributed by atoms with E-state index >= 15 is 0 Å². The first-order valence-electron chi connectivity index (χ1n) is 14.0. The second-order valence-corrected chi connectivity index (χ2v) is 12.1. The largest absolute Gasteiger partial charge is 0.508 e. The van der Waals surface area contributed by atoms with Gasteiger partial charge in [0.15, 0.2) is 17.3 Å². The van der Waals surface area contributed by atoms with Gasteiger partial charge in [-0.1, -0.05) is 54.1 Å². The fraction of sp³-hybridized carbons (Fsp3) is 0.171. The number of anilines is 1. The molecule has 4 atom stereocenters. The molecule has 1 fully saturated rings. The number of amides is 2. The van der Waals surface area contributed by atoms with Gasteiger partial charge in [-0.25, -0.2) is 0 Å². The molecule has 2 amide bonds. The summed E-state index contributed by atoms with van der Waals surface area (Å²) < 4.78 is 0.159. The summed E-state index contributed by atoms with van der Waals surface area (Å²) in [4.78, 5) is 68.6. The predicted octanol–water partition coefficient (Wildman–Crippen LogP) is 5.59. The zero-order valence-electron chi connectivity index (χ0n) is 22.7. The van der Waals surface area contributed by atoms with Gasteiger partial charge in [0.1, 0.15) is 5.75 Å². The quantitative estimate of drug-likeness (QED) is 0.174. The minimum Gasteiger partial charge on any atom is -0.508 e. The van der Waals surface area contributed by atoms with E-state index in [1.165, 1.54) is 17.0 Å². The number of phenolic OH excluding ortho intramolecular Hbond substituents is 1. The van der Waals surface area contributed by atoms with Crippen LogP contribution in [0.5, 0.6) is 5.75 Å². The molecule has 0 bridgehead atoms. The number of halogens is 1. The number of allylic oxidation sites excluding steroid dienone is 6. The van der Waals surface area contributed by atoms with Gasteiger partial charge in [-0.2, -0.15) is 0 Å². The van der Waals surface area contributed by atoms with Crippen molar-refractivity contribution in [2.24, 2.45) is 17.8 Å².